The molecule has 0 aliphatic rings. The molecule has 37 heavy (non-hydrogen) atoms. The van der Waals surface area contributed by atoms with Crippen molar-refractivity contribution in [1.29, 1.82) is 0 Å². The van der Waals surface area contributed by atoms with Crippen molar-refractivity contribution < 1.29 is 23.5 Å². The molecule has 2 aromatic rings. The monoisotopic (exact) mass is 611 g/mol. The number of esters is 1. The molecule has 2 rings (SSSR count). The zero-order chi connectivity index (χ0) is 27.6. The smallest absolute Gasteiger partial charge is 0.330 e. The van der Waals surface area contributed by atoms with Crippen molar-refractivity contribution in [1.82, 2.24) is 10.3 Å². The van der Waals surface area contributed by atoms with E-state index < -0.39 is 26.2 Å². The Hall–Kier alpha value is -2.08. The number of nitrogens with one attached hydrogen (secondary N) is 2. The number of carbonyl (C=O) groups excluding carboxylic acids is 3. The molecule has 1 aromatic carbocycles. The number of hydrogen-bond acceptors (Lipinski definition) is 7. The minimum atomic E-state index is -2.12. The van der Waals surface area contributed by atoms with Crippen molar-refractivity contribution in [2.45, 2.75) is 70.6 Å². The maximum Gasteiger partial charge on any atom is 0.330 e. The van der Waals surface area contributed by atoms with Crippen LogP contribution >= 0.6 is 27.3 Å². The fourth-order valence-electron chi connectivity index (χ4n) is 3.04. The number of methoxy groups -OCH3 is 1. The Kier molecular flexibility index (Phi) is 11.9. The molecule has 0 bridgehead atoms. The SMILES string of the molecule is COC(=O)C(CO[Si](C)(C)C(C)(C)C)NC(=O)c1csc(-c2ccc(NC(=O)CCCCCBr)cc2)n1. The first-order valence-electron chi connectivity index (χ1n) is 12.3. The van der Waals surface area contributed by atoms with Crippen LogP contribution in [-0.2, 0) is 18.8 Å². The molecule has 11 heteroatoms. The topological polar surface area (TPSA) is 107 Å². The van der Waals surface area contributed by atoms with Gasteiger partial charge in [0.15, 0.2) is 8.32 Å². The molecule has 1 aromatic heterocycles. The highest BCUT2D eigenvalue weighted by molar-refractivity contribution is 9.09. The lowest BCUT2D eigenvalue weighted by molar-refractivity contribution is -0.143. The highest BCUT2D eigenvalue weighted by Gasteiger charge is 2.38. The van der Waals surface area contributed by atoms with E-state index in [0.29, 0.717) is 17.1 Å². The van der Waals surface area contributed by atoms with Crippen LogP contribution in [0.1, 0.15) is 56.9 Å². The number of nitrogens with zero attached hydrogens (tertiary/aromatic N) is 1. The third-order valence-corrected chi connectivity index (χ3v) is 12.4. The minimum Gasteiger partial charge on any atom is -0.467 e. The quantitative estimate of drug-likeness (QED) is 0.125. The largest absolute Gasteiger partial charge is 0.467 e. The summed E-state index contributed by atoms with van der Waals surface area (Å²) in [5.41, 5.74) is 1.75. The van der Waals surface area contributed by atoms with E-state index >= 15 is 0 Å². The van der Waals surface area contributed by atoms with E-state index in [-0.39, 0.29) is 23.2 Å². The predicted octanol–water partition coefficient (Wildman–Crippen LogP) is 6.00. The lowest BCUT2D eigenvalue weighted by atomic mass is 10.2. The fourth-order valence-corrected chi connectivity index (χ4v) is 5.26. The molecule has 2 N–H and O–H groups in total. The molecule has 0 radical (unpaired) electrons. The van der Waals surface area contributed by atoms with Crippen molar-refractivity contribution in [2.75, 3.05) is 24.4 Å². The molecule has 0 spiro atoms. The fraction of sp³-hybridized carbons (Fsp3) is 0.538. The number of aromatic nitrogens is 1. The number of benzene rings is 1. The second-order valence-corrected chi connectivity index (χ2v) is 16.7. The number of ether oxygens (including phenoxy) is 1. The lowest BCUT2D eigenvalue weighted by Gasteiger charge is -2.37. The van der Waals surface area contributed by atoms with Crippen molar-refractivity contribution in [3.63, 3.8) is 0 Å². The number of carbonyl (C=O) groups is 3. The second-order valence-electron chi connectivity index (χ2n) is 10.3. The van der Waals surface area contributed by atoms with Gasteiger partial charge in [0.1, 0.15) is 16.7 Å². The first kappa shape index (κ1) is 31.1. The molecule has 1 unspecified atom stereocenters. The summed E-state index contributed by atoms with van der Waals surface area (Å²) in [6.07, 6.45) is 3.43. The highest BCUT2D eigenvalue weighted by atomic mass is 79.9. The summed E-state index contributed by atoms with van der Waals surface area (Å²) in [5.74, 6) is -1.04. The van der Waals surface area contributed by atoms with Crippen LogP contribution in [0.15, 0.2) is 29.6 Å². The minimum absolute atomic E-state index is 0.00628. The summed E-state index contributed by atoms with van der Waals surface area (Å²) in [4.78, 5) is 41.7. The van der Waals surface area contributed by atoms with Crippen LogP contribution in [0.3, 0.4) is 0 Å². The van der Waals surface area contributed by atoms with Crippen LogP contribution in [0.25, 0.3) is 10.6 Å². The molecule has 0 fully saturated rings. The molecule has 204 valence electrons. The molecule has 2 amide bonds. The molecular weight excluding hydrogens is 574 g/mol. The highest BCUT2D eigenvalue weighted by Crippen LogP contribution is 2.36. The van der Waals surface area contributed by atoms with Crippen LogP contribution in [0, 0.1) is 0 Å². The van der Waals surface area contributed by atoms with E-state index in [1.54, 1.807) is 5.38 Å². The van der Waals surface area contributed by atoms with Crippen molar-refractivity contribution in [3.05, 3.63) is 35.3 Å². The van der Waals surface area contributed by atoms with Gasteiger partial charge in [0.2, 0.25) is 5.91 Å². The zero-order valence-electron chi connectivity index (χ0n) is 22.5. The summed E-state index contributed by atoms with van der Waals surface area (Å²) in [5, 5.41) is 8.84. The first-order chi connectivity index (χ1) is 17.4. The van der Waals surface area contributed by atoms with Gasteiger partial charge in [0.25, 0.3) is 5.91 Å². The van der Waals surface area contributed by atoms with Crippen molar-refractivity contribution in [2.24, 2.45) is 0 Å². The van der Waals surface area contributed by atoms with E-state index in [4.69, 9.17) is 9.16 Å². The third-order valence-electron chi connectivity index (χ3n) is 6.40. The van der Waals surface area contributed by atoms with Gasteiger partial charge in [0, 0.05) is 28.4 Å². The molecule has 1 atom stereocenters. The van der Waals surface area contributed by atoms with Crippen LogP contribution in [-0.4, -0.2) is 56.2 Å². The van der Waals surface area contributed by atoms with Gasteiger partial charge in [-0.25, -0.2) is 9.78 Å². The number of rotatable bonds is 13. The normalized spacial score (nSPS) is 12.6. The van der Waals surface area contributed by atoms with Gasteiger partial charge < -0.3 is 19.8 Å². The molecule has 0 aliphatic heterocycles. The molecule has 8 nitrogen and oxygen atoms in total. The standard InChI is InChI=1S/C26H38BrN3O5SSi/c1-26(2,3)37(5,6)35-16-20(25(33)34-4)29-23(32)21-17-36-24(30-21)18-11-13-19(14-12-18)28-22(31)10-8-7-9-15-27/h11-14,17,20H,7-10,15-16H2,1-6H3,(H,28,31)(H,29,32). The summed E-state index contributed by atoms with van der Waals surface area (Å²) in [6.45, 7) is 10.5. The average molecular weight is 613 g/mol. The number of alkyl halides is 1. The summed E-state index contributed by atoms with van der Waals surface area (Å²) < 4.78 is 11.0. The Morgan fingerprint density at radius 1 is 1.11 bits per heavy atom. The molecule has 0 saturated heterocycles. The van der Waals surface area contributed by atoms with Crippen LogP contribution in [0.4, 0.5) is 5.69 Å². The van der Waals surface area contributed by atoms with Crippen LogP contribution in [0.2, 0.25) is 18.1 Å². The molecular formula is C26H38BrN3O5SSi. The maximum absolute atomic E-state index is 12.9. The lowest BCUT2D eigenvalue weighted by Crippen LogP contribution is -2.49. The van der Waals surface area contributed by atoms with Gasteiger partial charge in [-0.15, -0.1) is 11.3 Å². The Balaban J connectivity index is 2.00. The van der Waals surface area contributed by atoms with E-state index in [1.165, 1.54) is 18.4 Å². The third kappa shape index (κ3) is 9.62. The Morgan fingerprint density at radius 3 is 2.38 bits per heavy atom. The Morgan fingerprint density at radius 2 is 1.78 bits per heavy atom. The van der Waals surface area contributed by atoms with Gasteiger partial charge >= 0.3 is 5.97 Å². The van der Waals surface area contributed by atoms with Gasteiger partial charge in [-0.2, -0.15) is 0 Å². The molecule has 0 aliphatic carbocycles. The number of unbranched alkanes of at least 4 members (excludes halogenated alkanes) is 2. The number of anilines is 1. The predicted molar refractivity (Wildman–Crippen MR) is 155 cm³/mol. The van der Waals surface area contributed by atoms with Gasteiger partial charge in [0.05, 0.1) is 13.7 Å². The summed E-state index contributed by atoms with van der Waals surface area (Å²) in [7, 11) is -0.839. The Labute approximate surface area is 233 Å². The zero-order valence-corrected chi connectivity index (χ0v) is 25.9. The van der Waals surface area contributed by atoms with Gasteiger partial charge in [-0.1, -0.05) is 43.1 Å². The maximum atomic E-state index is 12.9. The van der Waals surface area contributed by atoms with E-state index in [2.05, 4.69) is 65.4 Å². The van der Waals surface area contributed by atoms with Crippen LogP contribution in [0.5, 0.6) is 0 Å². The second kappa shape index (κ2) is 14.2. The summed E-state index contributed by atoms with van der Waals surface area (Å²) >= 11 is 4.72. The van der Waals surface area contributed by atoms with Crippen LogP contribution < -0.4 is 10.6 Å². The van der Waals surface area contributed by atoms with Crippen molar-refractivity contribution in [3.8, 4) is 10.6 Å². The molecule has 0 saturated carbocycles. The average Bonchev–Trinajstić information content (AvgIpc) is 3.34. The Bertz CT molecular complexity index is 1050. The number of hydrogen-bond donors (Lipinski definition) is 2. The van der Waals surface area contributed by atoms with Gasteiger partial charge in [-0.3, -0.25) is 9.59 Å². The van der Waals surface area contributed by atoms with E-state index in [1.807, 2.05) is 24.3 Å². The number of halogens is 1. The first-order valence-corrected chi connectivity index (χ1v) is 17.2. The van der Waals surface area contributed by atoms with E-state index in [9.17, 15) is 14.4 Å². The number of thiazole rings is 1. The van der Waals surface area contributed by atoms with Crippen molar-refractivity contribution >= 4 is 59.1 Å². The summed E-state index contributed by atoms with van der Waals surface area (Å²) in [6, 6.07) is 6.41. The molecule has 1 heterocycles. The number of amides is 2. The van der Waals surface area contributed by atoms with E-state index in [0.717, 1.165) is 30.2 Å². The van der Waals surface area contributed by atoms with Gasteiger partial charge in [-0.05, 0) is 55.2 Å².